The molecule has 3 amide bonds. The molecule has 0 bridgehead atoms. The fourth-order valence-corrected chi connectivity index (χ4v) is 2.80. The molecule has 0 aliphatic heterocycles. The van der Waals surface area contributed by atoms with Crippen molar-refractivity contribution >= 4 is 23.7 Å². The predicted molar refractivity (Wildman–Crippen MR) is 92.0 cm³/mol. The Morgan fingerprint density at radius 1 is 1.18 bits per heavy atom. The van der Waals surface area contributed by atoms with E-state index in [9.17, 15) is 9.59 Å². The van der Waals surface area contributed by atoms with Crippen molar-refractivity contribution < 1.29 is 9.59 Å². The third kappa shape index (κ3) is 5.97. The van der Waals surface area contributed by atoms with Crippen LogP contribution in [-0.2, 0) is 4.79 Å². The number of urea groups is 1. The summed E-state index contributed by atoms with van der Waals surface area (Å²) >= 11 is 1.62. The summed E-state index contributed by atoms with van der Waals surface area (Å²) in [5.74, 6) is 0.565. The van der Waals surface area contributed by atoms with E-state index in [0.717, 1.165) is 22.4 Å². The van der Waals surface area contributed by atoms with Crippen LogP contribution in [0.3, 0.4) is 0 Å². The molecule has 1 aromatic carbocycles. The first kappa shape index (κ1) is 18.4. The molecule has 0 saturated heterocycles. The van der Waals surface area contributed by atoms with Crippen LogP contribution >= 0.6 is 11.8 Å². The summed E-state index contributed by atoms with van der Waals surface area (Å²) in [6, 6.07) is 4.79. The molecule has 0 aliphatic carbocycles. The smallest absolute Gasteiger partial charge is 0.312 e. The van der Waals surface area contributed by atoms with E-state index in [4.69, 9.17) is 5.73 Å². The Labute approximate surface area is 136 Å². The molecule has 1 aromatic rings. The van der Waals surface area contributed by atoms with Crippen LogP contribution in [0.15, 0.2) is 18.2 Å². The highest BCUT2D eigenvalue weighted by Gasteiger charge is 2.21. The van der Waals surface area contributed by atoms with Gasteiger partial charge < -0.3 is 16.4 Å². The van der Waals surface area contributed by atoms with E-state index in [1.54, 1.807) is 11.8 Å². The number of thioether (sulfide) groups is 1. The lowest BCUT2D eigenvalue weighted by Gasteiger charge is -2.21. The lowest BCUT2D eigenvalue weighted by Crippen LogP contribution is -2.49. The Morgan fingerprint density at radius 2 is 1.77 bits per heavy atom. The Bertz CT molecular complexity index is 514. The van der Waals surface area contributed by atoms with Gasteiger partial charge in [0.1, 0.15) is 6.04 Å². The minimum Gasteiger partial charge on any atom is -0.352 e. The van der Waals surface area contributed by atoms with Crippen LogP contribution < -0.4 is 16.4 Å². The van der Waals surface area contributed by atoms with Gasteiger partial charge in [0.2, 0.25) is 5.91 Å². The highest BCUT2D eigenvalue weighted by atomic mass is 32.2. The lowest BCUT2D eigenvalue weighted by molar-refractivity contribution is -0.123. The van der Waals surface area contributed by atoms with Crippen LogP contribution in [-0.4, -0.2) is 30.0 Å². The minimum atomic E-state index is -0.680. The first-order valence-electron chi connectivity index (χ1n) is 7.27. The molecule has 1 rings (SSSR count). The van der Waals surface area contributed by atoms with E-state index in [1.165, 1.54) is 0 Å². The second-order valence-electron chi connectivity index (χ2n) is 5.49. The van der Waals surface area contributed by atoms with Crippen LogP contribution in [0.5, 0.6) is 0 Å². The second kappa shape index (κ2) is 8.68. The third-order valence-electron chi connectivity index (χ3n) is 3.35. The Balaban J connectivity index is 2.76. The van der Waals surface area contributed by atoms with Gasteiger partial charge in [0, 0.05) is 0 Å². The normalized spacial score (nSPS) is 13.3. The SMILES string of the molecule is CSCC[C@@H](NC(N)=O)C(=O)N[C@@H](C)c1cc(C)cc(C)c1. The summed E-state index contributed by atoms with van der Waals surface area (Å²) in [5, 5.41) is 5.45. The maximum atomic E-state index is 12.3. The molecule has 6 heteroatoms. The fourth-order valence-electron chi connectivity index (χ4n) is 2.33. The van der Waals surface area contributed by atoms with Crippen molar-refractivity contribution in [2.24, 2.45) is 5.73 Å². The molecule has 0 saturated carbocycles. The molecule has 5 nitrogen and oxygen atoms in total. The quantitative estimate of drug-likeness (QED) is 0.719. The lowest BCUT2D eigenvalue weighted by atomic mass is 10.0. The summed E-state index contributed by atoms with van der Waals surface area (Å²) in [7, 11) is 0. The van der Waals surface area contributed by atoms with Crippen LogP contribution in [0, 0.1) is 13.8 Å². The first-order chi connectivity index (χ1) is 10.3. The maximum absolute atomic E-state index is 12.3. The first-order valence-corrected chi connectivity index (χ1v) is 8.66. The number of carbonyl (C=O) groups is 2. The third-order valence-corrected chi connectivity index (χ3v) is 3.99. The molecule has 2 atom stereocenters. The molecule has 4 N–H and O–H groups in total. The van der Waals surface area contributed by atoms with E-state index in [-0.39, 0.29) is 11.9 Å². The monoisotopic (exact) mass is 323 g/mol. The number of nitrogens with two attached hydrogens (primary N) is 1. The minimum absolute atomic E-state index is 0.127. The highest BCUT2D eigenvalue weighted by Crippen LogP contribution is 2.17. The zero-order valence-electron chi connectivity index (χ0n) is 13.6. The van der Waals surface area contributed by atoms with Gasteiger partial charge in [0.05, 0.1) is 6.04 Å². The molecule has 0 aromatic heterocycles. The molecule has 22 heavy (non-hydrogen) atoms. The molecule has 0 radical (unpaired) electrons. The van der Waals surface area contributed by atoms with Gasteiger partial charge in [-0.1, -0.05) is 29.3 Å². The van der Waals surface area contributed by atoms with Gasteiger partial charge in [-0.05, 0) is 44.8 Å². The highest BCUT2D eigenvalue weighted by molar-refractivity contribution is 7.98. The Hall–Kier alpha value is -1.69. The van der Waals surface area contributed by atoms with Crippen molar-refractivity contribution in [2.45, 2.75) is 39.3 Å². The maximum Gasteiger partial charge on any atom is 0.312 e. The van der Waals surface area contributed by atoms with Crippen molar-refractivity contribution in [3.05, 3.63) is 34.9 Å². The topological polar surface area (TPSA) is 84.2 Å². The van der Waals surface area contributed by atoms with Crippen molar-refractivity contribution in [3.8, 4) is 0 Å². The number of aryl methyl sites for hydroxylation is 2. The van der Waals surface area contributed by atoms with Crippen LogP contribution in [0.2, 0.25) is 0 Å². The van der Waals surface area contributed by atoms with Gasteiger partial charge in [0.15, 0.2) is 0 Å². The summed E-state index contributed by atoms with van der Waals surface area (Å²) in [6.45, 7) is 5.99. The number of hydrogen-bond acceptors (Lipinski definition) is 3. The van der Waals surface area contributed by atoms with Gasteiger partial charge in [-0.2, -0.15) is 11.8 Å². The zero-order valence-corrected chi connectivity index (χ0v) is 14.4. The zero-order chi connectivity index (χ0) is 16.7. The van der Waals surface area contributed by atoms with Gasteiger partial charge in [0.25, 0.3) is 0 Å². The van der Waals surface area contributed by atoms with Crippen molar-refractivity contribution in [2.75, 3.05) is 12.0 Å². The number of nitrogens with one attached hydrogen (secondary N) is 2. The van der Waals surface area contributed by atoms with Gasteiger partial charge >= 0.3 is 6.03 Å². The molecule has 122 valence electrons. The van der Waals surface area contributed by atoms with E-state index in [1.807, 2.05) is 27.0 Å². The predicted octanol–water partition coefficient (Wildman–Crippen LogP) is 2.27. The number of rotatable bonds is 7. The number of hydrogen-bond donors (Lipinski definition) is 3. The van der Waals surface area contributed by atoms with Crippen LogP contribution in [0.4, 0.5) is 4.79 Å². The number of benzene rings is 1. The average Bonchev–Trinajstić information content (AvgIpc) is 2.41. The van der Waals surface area contributed by atoms with E-state index in [0.29, 0.717) is 6.42 Å². The largest absolute Gasteiger partial charge is 0.352 e. The van der Waals surface area contributed by atoms with E-state index in [2.05, 4.69) is 28.8 Å². The summed E-state index contributed by atoms with van der Waals surface area (Å²) < 4.78 is 0. The van der Waals surface area contributed by atoms with E-state index >= 15 is 0 Å². The molecule has 0 aliphatic rings. The Kier molecular flexibility index (Phi) is 7.24. The van der Waals surface area contributed by atoms with Crippen LogP contribution in [0.1, 0.15) is 36.1 Å². The summed E-state index contributed by atoms with van der Waals surface area (Å²) in [4.78, 5) is 23.4. The average molecular weight is 323 g/mol. The van der Waals surface area contributed by atoms with Crippen molar-refractivity contribution in [1.29, 1.82) is 0 Å². The van der Waals surface area contributed by atoms with E-state index < -0.39 is 12.1 Å². The summed E-state index contributed by atoms with van der Waals surface area (Å²) in [5.41, 5.74) is 8.51. The van der Waals surface area contributed by atoms with Crippen LogP contribution in [0.25, 0.3) is 0 Å². The molecule has 0 heterocycles. The van der Waals surface area contributed by atoms with Gasteiger partial charge in [-0.25, -0.2) is 4.79 Å². The van der Waals surface area contributed by atoms with Crippen molar-refractivity contribution in [3.63, 3.8) is 0 Å². The molecular formula is C16H25N3O2S. The second-order valence-corrected chi connectivity index (χ2v) is 6.48. The van der Waals surface area contributed by atoms with Gasteiger partial charge in [-0.15, -0.1) is 0 Å². The number of primary amides is 1. The number of amides is 3. The molecule has 0 fully saturated rings. The van der Waals surface area contributed by atoms with Crippen molar-refractivity contribution in [1.82, 2.24) is 10.6 Å². The Morgan fingerprint density at radius 3 is 2.27 bits per heavy atom. The van der Waals surface area contributed by atoms with Gasteiger partial charge in [-0.3, -0.25) is 4.79 Å². The fraction of sp³-hybridized carbons (Fsp3) is 0.500. The molecule has 0 unspecified atom stereocenters. The summed E-state index contributed by atoms with van der Waals surface area (Å²) in [6.07, 6.45) is 2.51. The molecular weight excluding hydrogens is 298 g/mol. The standard InChI is InChI=1S/C16H25N3O2S/c1-10-7-11(2)9-13(8-10)12(3)18-15(20)14(5-6-22-4)19-16(17)21/h7-9,12,14H,5-6H2,1-4H3,(H,18,20)(H3,17,19,21)/t12-,14+/m0/s1. The number of carbonyl (C=O) groups excluding carboxylic acids is 2. The molecule has 0 spiro atoms.